The maximum atomic E-state index is 9.93. The van der Waals surface area contributed by atoms with Crippen LogP contribution in [0.2, 0.25) is 0 Å². The molecule has 2 rings (SSSR count). The number of aromatic nitrogens is 1. The maximum absolute atomic E-state index is 9.93. The number of aliphatic hydroxyl groups is 2. The molecule has 2 aromatic rings. The van der Waals surface area contributed by atoms with E-state index in [0.29, 0.717) is 6.42 Å². The van der Waals surface area contributed by atoms with Crippen molar-refractivity contribution < 1.29 is 10.2 Å². The summed E-state index contributed by atoms with van der Waals surface area (Å²) in [7, 11) is 0. The number of aryl methyl sites for hydroxylation is 1. The van der Waals surface area contributed by atoms with E-state index in [-0.39, 0.29) is 0 Å². The van der Waals surface area contributed by atoms with E-state index < -0.39 is 12.2 Å². The van der Waals surface area contributed by atoms with Crippen LogP contribution in [-0.2, 0) is 0 Å². The van der Waals surface area contributed by atoms with Crippen molar-refractivity contribution >= 4 is 10.9 Å². The van der Waals surface area contributed by atoms with E-state index in [9.17, 15) is 10.2 Å². The molecular weight excluding hydrogens is 214 g/mol. The molecule has 1 heterocycles. The van der Waals surface area contributed by atoms with Crippen molar-refractivity contribution in [3.8, 4) is 0 Å². The van der Waals surface area contributed by atoms with Gasteiger partial charge in [0.2, 0.25) is 0 Å². The molecule has 0 radical (unpaired) electrons. The molecule has 1 aromatic carbocycles. The minimum Gasteiger partial charge on any atom is -0.390 e. The third-order valence-corrected chi connectivity index (χ3v) is 2.98. The first-order valence-electron chi connectivity index (χ1n) is 5.85. The summed E-state index contributed by atoms with van der Waals surface area (Å²) in [4.78, 5) is 4.40. The van der Waals surface area contributed by atoms with Crippen LogP contribution in [-0.4, -0.2) is 21.3 Å². The van der Waals surface area contributed by atoms with Gasteiger partial charge in [0.25, 0.3) is 0 Å². The van der Waals surface area contributed by atoms with Gasteiger partial charge < -0.3 is 10.2 Å². The molecule has 0 aliphatic heterocycles. The van der Waals surface area contributed by atoms with Gasteiger partial charge in [0.15, 0.2) is 0 Å². The molecule has 0 bridgehead atoms. The number of hydrogen-bond donors (Lipinski definition) is 2. The molecular formula is C14H17NO2. The van der Waals surface area contributed by atoms with E-state index in [1.807, 2.05) is 44.2 Å². The van der Waals surface area contributed by atoms with E-state index in [2.05, 4.69) is 4.98 Å². The Kier molecular flexibility index (Phi) is 3.41. The zero-order chi connectivity index (χ0) is 12.4. The van der Waals surface area contributed by atoms with Crippen molar-refractivity contribution in [2.75, 3.05) is 0 Å². The SMILES string of the molecule is CCC(O)C(O)c1ccc2nc(C)ccc2c1. The van der Waals surface area contributed by atoms with Crippen LogP contribution in [0.3, 0.4) is 0 Å². The predicted octanol–water partition coefficient (Wildman–Crippen LogP) is 2.35. The minimum absolute atomic E-state index is 0.533. The maximum Gasteiger partial charge on any atom is 0.105 e. The Morgan fingerprint density at radius 3 is 2.65 bits per heavy atom. The van der Waals surface area contributed by atoms with Gasteiger partial charge >= 0.3 is 0 Å². The van der Waals surface area contributed by atoms with Crippen molar-refractivity contribution in [2.24, 2.45) is 0 Å². The van der Waals surface area contributed by atoms with Crippen molar-refractivity contribution in [3.05, 3.63) is 41.6 Å². The van der Waals surface area contributed by atoms with Crippen LogP contribution in [0, 0.1) is 6.92 Å². The first kappa shape index (κ1) is 12.0. The number of hydrogen-bond acceptors (Lipinski definition) is 3. The van der Waals surface area contributed by atoms with Crippen LogP contribution in [0.1, 0.15) is 30.7 Å². The van der Waals surface area contributed by atoms with Gasteiger partial charge in [-0.05, 0) is 37.1 Å². The zero-order valence-electron chi connectivity index (χ0n) is 10.1. The van der Waals surface area contributed by atoms with Crippen LogP contribution < -0.4 is 0 Å². The summed E-state index contributed by atoms with van der Waals surface area (Å²) in [5.74, 6) is 0. The Balaban J connectivity index is 2.41. The second kappa shape index (κ2) is 4.82. The molecule has 0 fully saturated rings. The van der Waals surface area contributed by atoms with Gasteiger partial charge in [0, 0.05) is 11.1 Å². The van der Waals surface area contributed by atoms with E-state index in [1.54, 1.807) is 0 Å². The summed E-state index contributed by atoms with van der Waals surface area (Å²) < 4.78 is 0. The molecule has 2 N–H and O–H groups in total. The number of aliphatic hydroxyl groups excluding tert-OH is 2. The van der Waals surface area contributed by atoms with E-state index in [4.69, 9.17) is 0 Å². The van der Waals surface area contributed by atoms with Gasteiger partial charge in [-0.3, -0.25) is 4.98 Å². The highest BCUT2D eigenvalue weighted by atomic mass is 16.3. The fourth-order valence-electron chi connectivity index (χ4n) is 1.88. The lowest BCUT2D eigenvalue weighted by Gasteiger charge is -2.16. The van der Waals surface area contributed by atoms with Crippen LogP contribution in [0.4, 0.5) is 0 Å². The van der Waals surface area contributed by atoms with Crippen LogP contribution in [0.25, 0.3) is 10.9 Å². The van der Waals surface area contributed by atoms with Gasteiger partial charge in [-0.15, -0.1) is 0 Å². The van der Waals surface area contributed by atoms with Crippen LogP contribution in [0.15, 0.2) is 30.3 Å². The number of pyridine rings is 1. The lowest BCUT2D eigenvalue weighted by Crippen LogP contribution is -2.16. The summed E-state index contributed by atoms with van der Waals surface area (Å²) >= 11 is 0. The first-order valence-corrected chi connectivity index (χ1v) is 5.85. The summed E-state index contributed by atoms with van der Waals surface area (Å²) in [5, 5.41) is 20.5. The largest absolute Gasteiger partial charge is 0.390 e. The Labute approximate surface area is 101 Å². The molecule has 90 valence electrons. The molecule has 17 heavy (non-hydrogen) atoms. The fraction of sp³-hybridized carbons (Fsp3) is 0.357. The third kappa shape index (κ3) is 2.46. The molecule has 2 atom stereocenters. The average molecular weight is 231 g/mol. The van der Waals surface area contributed by atoms with Crippen LogP contribution >= 0.6 is 0 Å². The Morgan fingerprint density at radius 2 is 1.94 bits per heavy atom. The summed E-state index contributed by atoms with van der Waals surface area (Å²) in [6.45, 7) is 3.79. The highest BCUT2D eigenvalue weighted by Gasteiger charge is 2.16. The van der Waals surface area contributed by atoms with Crippen molar-refractivity contribution in [1.29, 1.82) is 0 Å². The first-order chi connectivity index (χ1) is 8.11. The zero-order valence-corrected chi connectivity index (χ0v) is 10.1. The topological polar surface area (TPSA) is 53.4 Å². The van der Waals surface area contributed by atoms with E-state index in [1.165, 1.54) is 0 Å². The number of rotatable bonds is 3. The number of nitrogens with zero attached hydrogens (tertiary/aromatic N) is 1. The number of benzene rings is 1. The van der Waals surface area contributed by atoms with E-state index in [0.717, 1.165) is 22.2 Å². The summed E-state index contributed by atoms with van der Waals surface area (Å²) in [6, 6.07) is 9.49. The number of fused-ring (bicyclic) bond motifs is 1. The van der Waals surface area contributed by atoms with Crippen molar-refractivity contribution in [1.82, 2.24) is 4.98 Å². The van der Waals surface area contributed by atoms with Gasteiger partial charge in [-0.2, -0.15) is 0 Å². The molecule has 3 heteroatoms. The Bertz CT molecular complexity index is 525. The lowest BCUT2D eigenvalue weighted by atomic mass is 10.0. The molecule has 3 nitrogen and oxygen atoms in total. The quantitative estimate of drug-likeness (QED) is 0.852. The van der Waals surface area contributed by atoms with Gasteiger partial charge in [0.05, 0.1) is 11.6 Å². The molecule has 1 aromatic heterocycles. The monoisotopic (exact) mass is 231 g/mol. The third-order valence-electron chi connectivity index (χ3n) is 2.98. The van der Waals surface area contributed by atoms with Gasteiger partial charge in [-0.25, -0.2) is 0 Å². The second-order valence-corrected chi connectivity index (χ2v) is 4.33. The molecule has 0 saturated heterocycles. The molecule has 0 amide bonds. The lowest BCUT2D eigenvalue weighted by molar-refractivity contribution is 0.0165. The Hall–Kier alpha value is -1.45. The highest BCUT2D eigenvalue weighted by Crippen LogP contribution is 2.23. The minimum atomic E-state index is -0.828. The standard InChI is InChI=1S/C14H17NO2/c1-3-13(16)14(17)11-6-7-12-10(8-11)5-4-9(2)15-12/h4-8,13-14,16-17H,3H2,1-2H3. The predicted molar refractivity (Wildman–Crippen MR) is 67.7 cm³/mol. The van der Waals surface area contributed by atoms with Crippen LogP contribution in [0.5, 0.6) is 0 Å². The van der Waals surface area contributed by atoms with E-state index >= 15 is 0 Å². The molecule has 0 saturated carbocycles. The smallest absolute Gasteiger partial charge is 0.105 e. The van der Waals surface area contributed by atoms with Crippen molar-refractivity contribution in [3.63, 3.8) is 0 Å². The summed E-state index contributed by atoms with van der Waals surface area (Å²) in [5.41, 5.74) is 2.61. The molecule has 0 aliphatic rings. The normalized spacial score (nSPS) is 14.8. The highest BCUT2D eigenvalue weighted by molar-refractivity contribution is 5.79. The Morgan fingerprint density at radius 1 is 1.18 bits per heavy atom. The fourth-order valence-corrected chi connectivity index (χ4v) is 1.88. The second-order valence-electron chi connectivity index (χ2n) is 4.33. The summed E-state index contributed by atoms with van der Waals surface area (Å²) in [6.07, 6.45) is -1.01. The van der Waals surface area contributed by atoms with Crippen molar-refractivity contribution in [2.45, 2.75) is 32.5 Å². The molecule has 2 unspecified atom stereocenters. The van der Waals surface area contributed by atoms with Gasteiger partial charge in [0.1, 0.15) is 6.10 Å². The molecule has 0 aliphatic carbocycles. The average Bonchev–Trinajstić information content (AvgIpc) is 2.36. The van der Waals surface area contributed by atoms with Gasteiger partial charge in [-0.1, -0.05) is 19.1 Å². The molecule has 0 spiro atoms.